The van der Waals surface area contributed by atoms with Gasteiger partial charge in [-0.3, -0.25) is 0 Å². The van der Waals surface area contributed by atoms with Crippen LogP contribution in [0.1, 0.15) is 0 Å². The normalized spacial score (nSPS) is 10.4. The van der Waals surface area contributed by atoms with Gasteiger partial charge in [0.05, 0.1) is 0 Å². The quantitative estimate of drug-likeness (QED) is 0.234. The highest BCUT2D eigenvalue weighted by Gasteiger charge is 2.06. The number of aromatic hydroxyl groups is 2. The summed E-state index contributed by atoms with van der Waals surface area (Å²) < 4.78 is 23.5. The van der Waals surface area contributed by atoms with Gasteiger partial charge in [0.15, 0.2) is 0 Å². The summed E-state index contributed by atoms with van der Waals surface area (Å²) >= 11 is 0. The Hall–Kier alpha value is -5.10. The summed E-state index contributed by atoms with van der Waals surface area (Å²) in [6.45, 7) is 0. The molecule has 2 N–H and O–H groups in total. The molecule has 0 atom stereocenters. The highest BCUT2D eigenvalue weighted by atomic mass is 16.5. The molecule has 6 nitrogen and oxygen atoms in total. The Bertz CT molecular complexity index is 1460. The van der Waals surface area contributed by atoms with Crippen LogP contribution >= 0.6 is 0 Å². The van der Waals surface area contributed by atoms with Gasteiger partial charge in [-0.1, -0.05) is 24.3 Å². The van der Waals surface area contributed by atoms with Gasteiger partial charge < -0.3 is 29.2 Å². The van der Waals surface area contributed by atoms with E-state index in [2.05, 4.69) is 0 Å². The maximum atomic E-state index is 9.62. The van der Waals surface area contributed by atoms with Crippen molar-refractivity contribution in [3.05, 3.63) is 121 Å². The first-order valence-corrected chi connectivity index (χ1v) is 11.2. The van der Waals surface area contributed by atoms with Crippen molar-refractivity contribution in [3.63, 3.8) is 0 Å². The third kappa shape index (κ3) is 6.07. The fourth-order valence-corrected chi connectivity index (χ4v) is 3.42. The van der Waals surface area contributed by atoms with E-state index in [-0.39, 0.29) is 11.5 Å². The third-order valence-corrected chi connectivity index (χ3v) is 5.01. The molecule has 0 spiro atoms. The zero-order valence-corrected chi connectivity index (χ0v) is 19.1. The van der Waals surface area contributed by atoms with Crippen LogP contribution in [0, 0.1) is 0 Å². The monoisotopic (exact) mass is 478 g/mol. The van der Waals surface area contributed by atoms with E-state index in [1.54, 1.807) is 84.9 Å². The first-order chi connectivity index (χ1) is 17.6. The van der Waals surface area contributed by atoms with Crippen LogP contribution in [0.5, 0.6) is 57.5 Å². The number of phenolic OH excluding ortho intramolecular Hbond substituents is 2. The molecule has 0 aliphatic heterocycles. The summed E-state index contributed by atoms with van der Waals surface area (Å²) in [5.41, 5.74) is 0. The van der Waals surface area contributed by atoms with Crippen LogP contribution in [0.3, 0.4) is 0 Å². The minimum absolute atomic E-state index is 0.135. The predicted octanol–water partition coefficient (Wildman–Crippen LogP) is 8.27. The van der Waals surface area contributed by atoms with Crippen LogP contribution < -0.4 is 18.9 Å². The Morgan fingerprint density at radius 2 is 0.583 bits per heavy atom. The van der Waals surface area contributed by atoms with Crippen molar-refractivity contribution in [3.8, 4) is 57.5 Å². The second kappa shape index (κ2) is 10.4. The maximum Gasteiger partial charge on any atom is 0.131 e. The highest BCUT2D eigenvalue weighted by molar-refractivity contribution is 5.44. The third-order valence-electron chi connectivity index (χ3n) is 5.01. The molecular formula is C30H22O6. The summed E-state index contributed by atoms with van der Waals surface area (Å²) in [7, 11) is 0. The molecule has 0 radical (unpaired) electrons. The van der Waals surface area contributed by atoms with Crippen LogP contribution in [-0.2, 0) is 0 Å². The van der Waals surface area contributed by atoms with Gasteiger partial charge in [0, 0.05) is 24.3 Å². The van der Waals surface area contributed by atoms with Crippen LogP contribution in [0.4, 0.5) is 0 Å². The predicted molar refractivity (Wildman–Crippen MR) is 136 cm³/mol. The molecule has 5 rings (SSSR count). The Morgan fingerprint density at radius 1 is 0.306 bits per heavy atom. The molecular weight excluding hydrogens is 456 g/mol. The van der Waals surface area contributed by atoms with Gasteiger partial charge in [-0.2, -0.15) is 0 Å². The zero-order valence-electron chi connectivity index (χ0n) is 19.1. The second-order valence-electron chi connectivity index (χ2n) is 7.82. The average Bonchev–Trinajstić information content (AvgIpc) is 2.86. The van der Waals surface area contributed by atoms with E-state index in [4.69, 9.17) is 18.9 Å². The van der Waals surface area contributed by atoms with Gasteiger partial charge in [0.25, 0.3) is 0 Å². The Morgan fingerprint density at radius 3 is 0.917 bits per heavy atom. The van der Waals surface area contributed by atoms with Gasteiger partial charge in [-0.05, 0) is 72.8 Å². The molecule has 0 aliphatic rings. The average molecular weight is 479 g/mol. The molecule has 0 aromatic heterocycles. The Labute approximate surface area is 208 Å². The molecule has 0 bridgehead atoms. The molecule has 5 aromatic rings. The molecule has 0 aliphatic carbocycles. The number of benzene rings is 5. The first-order valence-electron chi connectivity index (χ1n) is 11.2. The van der Waals surface area contributed by atoms with Gasteiger partial charge in [0.1, 0.15) is 57.5 Å². The molecule has 6 heteroatoms. The van der Waals surface area contributed by atoms with Crippen molar-refractivity contribution in [1.29, 1.82) is 0 Å². The molecule has 0 saturated carbocycles. The summed E-state index contributed by atoms with van der Waals surface area (Å²) in [5, 5.41) is 19.2. The maximum absolute atomic E-state index is 9.62. The van der Waals surface area contributed by atoms with Gasteiger partial charge in [-0.15, -0.1) is 0 Å². The lowest BCUT2D eigenvalue weighted by Gasteiger charge is -2.11. The molecule has 0 heterocycles. The van der Waals surface area contributed by atoms with E-state index >= 15 is 0 Å². The molecule has 0 fully saturated rings. The minimum Gasteiger partial charge on any atom is -0.508 e. The van der Waals surface area contributed by atoms with Crippen LogP contribution in [0.15, 0.2) is 121 Å². The minimum atomic E-state index is 0.135. The molecule has 178 valence electrons. The number of hydrogen-bond donors (Lipinski definition) is 2. The van der Waals surface area contributed by atoms with E-state index in [0.717, 1.165) is 0 Å². The van der Waals surface area contributed by atoms with E-state index < -0.39 is 0 Å². The van der Waals surface area contributed by atoms with Crippen molar-refractivity contribution in [2.45, 2.75) is 0 Å². The zero-order chi connectivity index (χ0) is 24.7. The van der Waals surface area contributed by atoms with E-state index in [1.165, 1.54) is 0 Å². The van der Waals surface area contributed by atoms with Crippen molar-refractivity contribution < 1.29 is 29.2 Å². The molecule has 36 heavy (non-hydrogen) atoms. The smallest absolute Gasteiger partial charge is 0.131 e. The lowest BCUT2D eigenvalue weighted by molar-refractivity contribution is 0.444. The van der Waals surface area contributed by atoms with E-state index in [0.29, 0.717) is 46.0 Å². The van der Waals surface area contributed by atoms with Crippen molar-refractivity contribution in [2.75, 3.05) is 0 Å². The van der Waals surface area contributed by atoms with Crippen molar-refractivity contribution >= 4 is 0 Å². The number of ether oxygens (including phenoxy) is 4. The second-order valence-corrected chi connectivity index (χ2v) is 7.82. The fraction of sp³-hybridized carbons (Fsp3) is 0. The largest absolute Gasteiger partial charge is 0.508 e. The lowest BCUT2D eigenvalue weighted by Crippen LogP contribution is -1.89. The van der Waals surface area contributed by atoms with Crippen molar-refractivity contribution in [2.24, 2.45) is 0 Å². The molecule has 0 amide bonds. The summed E-state index contributed by atoms with van der Waals surface area (Å²) in [6, 6.07) is 34.9. The SMILES string of the molecule is Oc1cccc(Oc2ccc(Oc3cccc(Oc4cccc(Oc5cccc(O)c5)c4)c3)cc2)c1. The standard InChI is InChI=1S/C30H22O6/c31-21-5-1-7-25(17-21)33-23-13-15-24(16-14-23)34-27-9-3-11-29(19-27)36-30-12-4-10-28(20-30)35-26-8-2-6-22(32)18-26/h1-20,31-32H. The van der Waals surface area contributed by atoms with Crippen molar-refractivity contribution in [1.82, 2.24) is 0 Å². The van der Waals surface area contributed by atoms with Crippen LogP contribution in [0.2, 0.25) is 0 Å². The number of rotatable bonds is 8. The van der Waals surface area contributed by atoms with Crippen LogP contribution in [0.25, 0.3) is 0 Å². The van der Waals surface area contributed by atoms with E-state index in [1.807, 2.05) is 36.4 Å². The highest BCUT2D eigenvalue weighted by Crippen LogP contribution is 2.33. The van der Waals surface area contributed by atoms with Crippen LogP contribution in [-0.4, -0.2) is 10.2 Å². The molecule has 0 saturated heterocycles. The fourth-order valence-electron chi connectivity index (χ4n) is 3.42. The van der Waals surface area contributed by atoms with Gasteiger partial charge >= 0.3 is 0 Å². The van der Waals surface area contributed by atoms with Gasteiger partial charge in [-0.25, -0.2) is 0 Å². The number of phenols is 2. The lowest BCUT2D eigenvalue weighted by atomic mass is 10.3. The molecule has 0 unspecified atom stereocenters. The summed E-state index contributed by atoms with van der Waals surface area (Å²) in [5.74, 6) is 5.00. The van der Waals surface area contributed by atoms with Gasteiger partial charge in [0.2, 0.25) is 0 Å². The first kappa shape index (κ1) is 22.7. The molecule has 5 aromatic carbocycles. The number of hydrogen-bond acceptors (Lipinski definition) is 6. The Balaban J connectivity index is 1.23. The summed E-state index contributed by atoms with van der Waals surface area (Å²) in [4.78, 5) is 0. The topological polar surface area (TPSA) is 77.4 Å². The van der Waals surface area contributed by atoms with E-state index in [9.17, 15) is 10.2 Å². The summed E-state index contributed by atoms with van der Waals surface area (Å²) in [6.07, 6.45) is 0. The Kier molecular flexibility index (Phi) is 6.58.